The quantitative estimate of drug-likeness (QED) is 0.427. The lowest BCUT2D eigenvalue weighted by Gasteiger charge is -2.25. The highest BCUT2D eigenvalue weighted by Gasteiger charge is 2.31. The normalized spacial score (nSPS) is 17.6. The van der Waals surface area contributed by atoms with Crippen molar-refractivity contribution in [2.75, 3.05) is 16.8 Å². The van der Waals surface area contributed by atoms with Gasteiger partial charge in [0.05, 0.1) is 10.6 Å². The number of fused-ring (bicyclic) bond motifs is 1. The number of hydrogen-bond donors (Lipinski definition) is 2. The first-order chi connectivity index (χ1) is 16.5. The number of nitrogens with one attached hydrogen (secondary N) is 2. The van der Waals surface area contributed by atoms with Crippen LogP contribution >= 0.6 is 23.2 Å². The predicted molar refractivity (Wildman–Crippen MR) is 137 cm³/mol. The molecule has 0 spiro atoms. The molecule has 2 amide bonds. The Labute approximate surface area is 209 Å². The van der Waals surface area contributed by atoms with Crippen molar-refractivity contribution in [1.82, 2.24) is 5.32 Å². The van der Waals surface area contributed by atoms with Gasteiger partial charge in [0.1, 0.15) is 0 Å². The van der Waals surface area contributed by atoms with Gasteiger partial charge >= 0.3 is 0 Å². The number of halogens is 2. The van der Waals surface area contributed by atoms with E-state index in [0.29, 0.717) is 39.4 Å². The molecule has 3 aromatic rings. The second-order valence-corrected chi connectivity index (χ2v) is 9.65. The number of carbonyl (C=O) groups excluding carboxylic acids is 2. The van der Waals surface area contributed by atoms with E-state index in [1.54, 1.807) is 48.5 Å². The maximum atomic E-state index is 13.5. The van der Waals surface area contributed by atoms with Crippen LogP contribution in [0.3, 0.4) is 0 Å². The Bertz CT molecular complexity index is 1220. The van der Waals surface area contributed by atoms with Crippen molar-refractivity contribution in [3.63, 3.8) is 0 Å². The number of amides is 2. The van der Waals surface area contributed by atoms with Crippen LogP contribution in [0.15, 0.2) is 66.7 Å². The maximum Gasteiger partial charge on any atom is 0.258 e. The summed E-state index contributed by atoms with van der Waals surface area (Å²) in [4.78, 5) is 27.9. The topological polar surface area (TPSA) is 61.4 Å². The Morgan fingerprint density at radius 2 is 1.68 bits per heavy atom. The molecule has 174 valence electrons. The molecule has 7 heteroatoms. The first-order valence-electron chi connectivity index (χ1n) is 11.5. The van der Waals surface area contributed by atoms with Crippen molar-refractivity contribution < 1.29 is 9.59 Å². The minimum absolute atomic E-state index is 0.0698. The van der Waals surface area contributed by atoms with Crippen molar-refractivity contribution in [2.24, 2.45) is 0 Å². The van der Waals surface area contributed by atoms with Gasteiger partial charge in [-0.3, -0.25) is 9.59 Å². The van der Waals surface area contributed by atoms with Gasteiger partial charge in [-0.25, -0.2) is 0 Å². The maximum absolute atomic E-state index is 13.5. The monoisotopic (exact) mass is 493 g/mol. The average molecular weight is 494 g/mol. The van der Waals surface area contributed by atoms with Gasteiger partial charge in [0.15, 0.2) is 0 Å². The van der Waals surface area contributed by atoms with Crippen LogP contribution < -0.4 is 15.5 Å². The van der Waals surface area contributed by atoms with Gasteiger partial charge in [0.2, 0.25) is 0 Å². The second-order valence-electron chi connectivity index (χ2n) is 8.81. The Hall–Kier alpha value is -2.86. The number of hydrogen-bond acceptors (Lipinski definition) is 3. The molecule has 34 heavy (non-hydrogen) atoms. The van der Waals surface area contributed by atoms with Crippen LogP contribution in [0.1, 0.15) is 58.0 Å². The van der Waals surface area contributed by atoms with Crippen LogP contribution in [0.25, 0.3) is 0 Å². The van der Waals surface area contributed by atoms with Crippen LogP contribution in [0.2, 0.25) is 10.0 Å². The first-order valence-corrected chi connectivity index (χ1v) is 12.3. The van der Waals surface area contributed by atoms with E-state index in [1.807, 2.05) is 23.1 Å². The SMILES string of the molecule is O=C(Nc1ccc(C(=O)N2CCCC(NC3CC3)c3cc(Cl)ccc32)cc1)c1ccccc1Cl. The van der Waals surface area contributed by atoms with Gasteiger partial charge < -0.3 is 15.5 Å². The molecule has 1 unspecified atom stereocenters. The van der Waals surface area contributed by atoms with Gasteiger partial charge in [-0.1, -0.05) is 35.3 Å². The molecule has 0 saturated heterocycles. The summed E-state index contributed by atoms with van der Waals surface area (Å²) < 4.78 is 0. The summed E-state index contributed by atoms with van der Waals surface area (Å²) in [6, 6.07) is 20.4. The molecule has 0 bridgehead atoms. The van der Waals surface area contributed by atoms with Crippen LogP contribution in [-0.2, 0) is 0 Å². The smallest absolute Gasteiger partial charge is 0.258 e. The summed E-state index contributed by atoms with van der Waals surface area (Å²) in [5.41, 5.74) is 3.54. The molecule has 2 aliphatic rings. The highest BCUT2D eigenvalue weighted by atomic mass is 35.5. The predicted octanol–water partition coefficient (Wildman–Crippen LogP) is 6.48. The van der Waals surface area contributed by atoms with Crippen LogP contribution in [0.4, 0.5) is 11.4 Å². The Morgan fingerprint density at radius 1 is 0.912 bits per heavy atom. The molecular formula is C27H25Cl2N3O2. The first kappa shape index (κ1) is 22.9. The van der Waals surface area contributed by atoms with E-state index in [1.165, 1.54) is 12.8 Å². The van der Waals surface area contributed by atoms with E-state index in [0.717, 1.165) is 24.1 Å². The lowest BCUT2D eigenvalue weighted by molar-refractivity contribution is 0.0985. The Morgan fingerprint density at radius 3 is 2.41 bits per heavy atom. The molecule has 1 saturated carbocycles. The number of anilines is 2. The molecule has 1 aliphatic carbocycles. The fourth-order valence-corrected chi connectivity index (χ4v) is 4.80. The van der Waals surface area contributed by atoms with Crippen molar-refractivity contribution >= 4 is 46.4 Å². The van der Waals surface area contributed by atoms with Crippen LogP contribution in [0, 0.1) is 0 Å². The number of benzene rings is 3. The molecule has 0 radical (unpaired) electrons. The van der Waals surface area contributed by atoms with Gasteiger partial charge in [-0.05, 0) is 85.8 Å². The summed E-state index contributed by atoms with van der Waals surface area (Å²) in [6.45, 7) is 0.640. The van der Waals surface area contributed by atoms with E-state index >= 15 is 0 Å². The molecule has 1 aliphatic heterocycles. The largest absolute Gasteiger partial charge is 0.322 e. The molecule has 0 aromatic heterocycles. The lowest BCUT2D eigenvalue weighted by Crippen LogP contribution is -2.32. The highest BCUT2D eigenvalue weighted by Crippen LogP contribution is 2.37. The Kier molecular flexibility index (Phi) is 6.59. The average Bonchev–Trinajstić information content (AvgIpc) is 3.67. The van der Waals surface area contributed by atoms with Gasteiger partial charge in [0.25, 0.3) is 11.8 Å². The zero-order valence-corrected chi connectivity index (χ0v) is 20.1. The highest BCUT2D eigenvalue weighted by molar-refractivity contribution is 6.34. The van der Waals surface area contributed by atoms with Crippen molar-refractivity contribution in [3.05, 3.63) is 93.5 Å². The van der Waals surface area contributed by atoms with E-state index in [2.05, 4.69) is 10.6 Å². The summed E-state index contributed by atoms with van der Waals surface area (Å²) >= 11 is 12.5. The van der Waals surface area contributed by atoms with Gasteiger partial charge in [-0.2, -0.15) is 0 Å². The van der Waals surface area contributed by atoms with E-state index in [-0.39, 0.29) is 17.9 Å². The van der Waals surface area contributed by atoms with E-state index < -0.39 is 0 Å². The third-order valence-electron chi connectivity index (χ3n) is 6.30. The summed E-state index contributed by atoms with van der Waals surface area (Å²) in [5, 5.41) is 7.61. The van der Waals surface area contributed by atoms with Crippen molar-refractivity contribution in [1.29, 1.82) is 0 Å². The fourth-order valence-electron chi connectivity index (χ4n) is 4.39. The number of rotatable bonds is 5. The third-order valence-corrected chi connectivity index (χ3v) is 6.86. The van der Waals surface area contributed by atoms with Crippen LogP contribution in [-0.4, -0.2) is 24.4 Å². The molecular weight excluding hydrogens is 469 g/mol. The third kappa shape index (κ3) is 4.97. The van der Waals surface area contributed by atoms with E-state index in [9.17, 15) is 9.59 Å². The molecule has 1 heterocycles. The van der Waals surface area contributed by atoms with E-state index in [4.69, 9.17) is 23.2 Å². The van der Waals surface area contributed by atoms with Gasteiger partial charge in [0, 0.05) is 40.6 Å². The molecule has 2 N–H and O–H groups in total. The lowest BCUT2D eigenvalue weighted by atomic mass is 10.0. The molecule has 3 aromatic carbocycles. The molecule has 5 nitrogen and oxygen atoms in total. The molecule has 1 fully saturated rings. The Balaban J connectivity index is 1.35. The van der Waals surface area contributed by atoms with Crippen molar-refractivity contribution in [3.8, 4) is 0 Å². The van der Waals surface area contributed by atoms with Gasteiger partial charge in [-0.15, -0.1) is 0 Å². The number of nitrogens with zero attached hydrogens (tertiary/aromatic N) is 1. The van der Waals surface area contributed by atoms with Crippen LogP contribution in [0.5, 0.6) is 0 Å². The summed E-state index contributed by atoms with van der Waals surface area (Å²) in [6.07, 6.45) is 4.26. The molecule has 5 rings (SSSR count). The minimum atomic E-state index is -0.294. The molecule has 1 atom stereocenters. The number of carbonyl (C=O) groups is 2. The summed E-state index contributed by atoms with van der Waals surface area (Å²) in [7, 11) is 0. The fraction of sp³-hybridized carbons (Fsp3) is 0.259. The zero-order valence-electron chi connectivity index (χ0n) is 18.6. The standard InChI is InChI=1S/C27H25Cl2N3O2/c28-18-9-14-25-22(16-18)24(30-19-12-13-19)6-3-15-32(25)27(34)17-7-10-20(11-8-17)31-26(33)21-4-1-2-5-23(21)29/h1-2,4-5,7-11,14,16,19,24,30H,3,6,12-13,15H2,(H,31,33). The zero-order chi connectivity index (χ0) is 23.7. The second kappa shape index (κ2) is 9.79. The minimum Gasteiger partial charge on any atom is -0.322 e. The van der Waals surface area contributed by atoms with Crippen molar-refractivity contribution in [2.45, 2.75) is 37.8 Å². The summed E-state index contributed by atoms with van der Waals surface area (Å²) in [5.74, 6) is -0.364.